The van der Waals surface area contributed by atoms with Crippen LogP contribution in [0.5, 0.6) is 0 Å². The molecule has 0 aliphatic rings. The first-order valence-electron chi connectivity index (χ1n) is 8.06. The Bertz CT molecular complexity index is 989. The Kier molecular flexibility index (Phi) is 6.21. The number of nitrogens with zero attached hydrogens (tertiary/aromatic N) is 2. The van der Waals surface area contributed by atoms with Crippen LogP contribution >= 0.6 is 23.2 Å². The van der Waals surface area contributed by atoms with E-state index in [4.69, 9.17) is 28.0 Å². The molecule has 28 heavy (non-hydrogen) atoms. The van der Waals surface area contributed by atoms with Crippen molar-refractivity contribution in [2.24, 2.45) is 5.16 Å². The van der Waals surface area contributed by atoms with Gasteiger partial charge in [0.05, 0.1) is 22.5 Å². The topological polar surface area (TPSA) is 34.5 Å². The molecule has 1 heterocycles. The van der Waals surface area contributed by atoms with Crippen LogP contribution in [0.15, 0.2) is 65.9 Å². The van der Waals surface area contributed by atoms with Crippen molar-refractivity contribution in [2.75, 3.05) is 0 Å². The van der Waals surface area contributed by atoms with Crippen molar-refractivity contribution in [3.8, 4) is 11.3 Å². The van der Waals surface area contributed by atoms with Gasteiger partial charge >= 0.3 is 6.18 Å². The Morgan fingerprint density at radius 1 is 1.00 bits per heavy atom. The average molecular weight is 425 g/mol. The number of pyridine rings is 1. The summed E-state index contributed by atoms with van der Waals surface area (Å²) in [7, 11) is 0. The summed E-state index contributed by atoms with van der Waals surface area (Å²) in [6.45, 7) is 0.235. The summed E-state index contributed by atoms with van der Waals surface area (Å²) in [5.74, 6) is 0. The quantitative estimate of drug-likeness (QED) is 0.340. The third-order valence-corrected chi connectivity index (χ3v) is 4.46. The molecule has 0 spiro atoms. The molecule has 2 aromatic carbocycles. The predicted octanol–water partition coefficient (Wildman–Crippen LogP) is 6.62. The molecule has 8 heteroatoms. The lowest BCUT2D eigenvalue weighted by Gasteiger charge is -2.09. The van der Waals surface area contributed by atoms with Gasteiger partial charge in [-0.2, -0.15) is 13.2 Å². The van der Waals surface area contributed by atoms with Crippen molar-refractivity contribution in [3.05, 3.63) is 87.5 Å². The van der Waals surface area contributed by atoms with Crippen LogP contribution in [0, 0.1) is 0 Å². The normalized spacial score (nSPS) is 11.8. The van der Waals surface area contributed by atoms with Gasteiger partial charge in [-0.25, -0.2) is 0 Å². The number of aromatic nitrogens is 1. The summed E-state index contributed by atoms with van der Waals surface area (Å²) in [5.41, 5.74) is 1.53. The molecule has 0 amide bonds. The fraction of sp³-hybridized carbons (Fsp3) is 0.100. The number of oxime groups is 1. The number of benzene rings is 2. The van der Waals surface area contributed by atoms with Crippen LogP contribution < -0.4 is 0 Å². The Hall–Kier alpha value is -2.57. The van der Waals surface area contributed by atoms with Crippen LogP contribution in [-0.2, 0) is 17.6 Å². The molecular weight excluding hydrogens is 412 g/mol. The average Bonchev–Trinajstić information content (AvgIpc) is 2.66. The van der Waals surface area contributed by atoms with Crippen molar-refractivity contribution >= 4 is 29.4 Å². The van der Waals surface area contributed by atoms with E-state index < -0.39 is 11.7 Å². The standard InChI is InChI=1S/C20H13Cl2F3N2O/c21-17-4-2-1-3-15(17)12-28-27-10-13-5-7-14(8-6-13)19-18(22)9-16(11-26-19)20(23,24)25/h1-11H,12H2/b27-10-. The van der Waals surface area contributed by atoms with Gasteiger partial charge < -0.3 is 4.84 Å². The van der Waals surface area contributed by atoms with E-state index in [-0.39, 0.29) is 17.3 Å². The third-order valence-electron chi connectivity index (χ3n) is 3.81. The van der Waals surface area contributed by atoms with E-state index in [0.717, 1.165) is 23.4 Å². The van der Waals surface area contributed by atoms with Crippen molar-refractivity contribution in [3.63, 3.8) is 0 Å². The highest BCUT2D eigenvalue weighted by atomic mass is 35.5. The fourth-order valence-electron chi connectivity index (χ4n) is 2.35. The van der Waals surface area contributed by atoms with Gasteiger partial charge in [-0.05, 0) is 17.7 Å². The van der Waals surface area contributed by atoms with Crippen molar-refractivity contribution in [1.29, 1.82) is 0 Å². The summed E-state index contributed by atoms with van der Waals surface area (Å²) >= 11 is 12.0. The zero-order valence-electron chi connectivity index (χ0n) is 14.3. The Labute approximate surface area is 169 Å². The maximum absolute atomic E-state index is 12.7. The van der Waals surface area contributed by atoms with Crippen molar-refractivity contribution < 1.29 is 18.0 Å². The number of hydrogen-bond donors (Lipinski definition) is 0. The summed E-state index contributed by atoms with van der Waals surface area (Å²) < 4.78 is 38.1. The number of rotatable bonds is 5. The monoisotopic (exact) mass is 424 g/mol. The van der Waals surface area contributed by atoms with Gasteiger partial charge in [-0.1, -0.05) is 70.8 Å². The van der Waals surface area contributed by atoms with E-state index >= 15 is 0 Å². The van der Waals surface area contributed by atoms with Crippen LogP contribution in [-0.4, -0.2) is 11.2 Å². The third kappa shape index (κ3) is 5.03. The smallest absolute Gasteiger partial charge is 0.391 e. The molecule has 0 N–H and O–H groups in total. The molecule has 0 saturated carbocycles. The summed E-state index contributed by atoms with van der Waals surface area (Å²) in [6, 6.07) is 15.0. The van der Waals surface area contributed by atoms with Gasteiger partial charge in [0.15, 0.2) is 0 Å². The first-order valence-corrected chi connectivity index (χ1v) is 8.82. The maximum atomic E-state index is 12.7. The molecule has 0 aliphatic heterocycles. The zero-order valence-corrected chi connectivity index (χ0v) is 15.8. The molecule has 0 unspecified atom stereocenters. The minimum atomic E-state index is -4.49. The molecule has 0 radical (unpaired) electrons. The second-order valence-electron chi connectivity index (χ2n) is 5.77. The van der Waals surface area contributed by atoms with Crippen molar-refractivity contribution in [2.45, 2.75) is 12.8 Å². The van der Waals surface area contributed by atoms with Gasteiger partial charge in [0, 0.05) is 22.3 Å². The molecule has 144 valence electrons. The van der Waals surface area contributed by atoms with Crippen LogP contribution in [0.3, 0.4) is 0 Å². The molecule has 1 aromatic heterocycles. The number of hydrogen-bond acceptors (Lipinski definition) is 3. The largest absolute Gasteiger partial charge is 0.417 e. The SMILES string of the molecule is FC(F)(F)c1cnc(-c2ccc(/C=N\OCc3ccccc3Cl)cc2)c(Cl)c1. The molecule has 3 rings (SSSR count). The Morgan fingerprint density at radius 3 is 2.36 bits per heavy atom. The van der Waals surface area contributed by atoms with Gasteiger partial charge in [-0.3, -0.25) is 4.98 Å². The molecule has 0 aliphatic carbocycles. The Morgan fingerprint density at radius 2 is 1.71 bits per heavy atom. The lowest BCUT2D eigenvalue weighted by atomic mass is 10.1. The lowest BCUT2D eigenvalue weighted by Crippen LogP contribution is -2.05. The highest BCUT2D eigenvalue weighted by molar-refractivity contribution is 6.33. The highest BCUT2D eigenvalue weighted by Gasteiger charge is 2.31. The van der Waals surface area contributed by atoms with Crippen LogP contribution in [0.25, 0.3) is 11.3 Å². The van der Waals surface area contributed by atoms with Crippen LogP contribution in [0.1, 0.15) is 16.7 Å². The van der Waals surface area contributed by atoms with Gasteiger partial charge in [0.2, 0.25) is 0 Å². The summed E-state index contributed by atoms with van der Waals surface area (Å²) in [4.78, 5) is 9.07. The predicted molar refractivity (Wildman–Crippen MR) is 104 cm³/mol. The van der Waals surface area contributed by atoms with Crippen LogP contribution in [0.2, 0.25) is 10.0 Å². The number of alkyl halides is 3. The first-order chi connectivity index (χ1) is 13.3. The van der Waals surface area contributed by atoms with E-state index in [1.54, 1.807) is 30.3 Å². The highest BCUT2D eigenvalue weighted by Crippen LogP contribution is 2.33. The van der Waals surface area contributed by atoms with E-state index in [0.29, 0.717) is 10.6 Å². The van der Waals surface area contributed by atoms with E-state index in [9.17, 15) is 13.2 Å². The number of halogens is 5. The molecular formula is C20H13Cl2F3N2O. The summed E-state index contributed by atoms with van der Waals surface area (Å²) in [6.07, 6.45) is -2.21. The van der Waals surface area contributed by atoms with Crippen molar-refractivity contribution in [1.82, 2.24) is 4.98 Å². The molecule has 0 atom stereocenters. The fourth-order valence-corrected chi connectivity index (χ4v) is 2.82. The van der Waals surface area contributed by atoms with E-state index in [1.807, 2.05) is 18.2 Å². The maximum Gasteiger partial charge on any atom is 0.417 e. The summed E-state index contributed by atoms with van der Waals surface area (Å²) in [5, 5.41) is 4.42. The minimum absolute atomic E-state index is 0.0701. The van der Waals surface area contributed by atoms with E-state index in [1.165, 1.54) is 6.21 Å². The van der Waals surface area contributed by atoms with Gasteiger partial charge in [0.25, 0.3) is 0 Å². The molecule has 0 saturated heterocycles. The minimum Gasteiger partial charge on any atom is -0.391 e. The molecule has 3 nitrogen and oxygen atoms in total. The van der Waals surface area contributed by atoms with Crippen LogP contribution in [0.4, 0.5) is 13.2 Å². The zero-order chi connectivity index (χ0) is 20.1. The van der Waals surface area contributed by atoms with Gasteiger partial charge in [-0.15, -0.1) is 0 Å². The molecule has 0 fully saturated rings. The molecule has 0 bridgehead atoms. The van der Waals surface area contributed by atoms with E-state index in [2.05, 4.69) is 10.1 Å². The second kappa shape index (κ2) is 8.63. The second-order valence-corrected chi connectivity index (χ2v) is 6.59. The Balaban J connectivity index is 1.66. The molecule has 3 aromatic rings. The lowest BCUT2D eigenvalue weighted by molar-refractivity contribution is -0.137. The first kappa shape index (κ1) is 20.2. The van der Waals surface area contributed by atoms with Gasteiger partial charge in [0.1, 0.15) is 6.61 Å².